The molecule has 2 rings (SSSR count). The van der Waals surface area contributed by atoms with E-state index in [-0.39, 0.29) is 11.5 Å². The lowest BCUT2D eigenvalue weighted by Crippen LogP contribution is -2.02. The highest BCUT2D eigenvalue weighted by atomic mass is 19.3. The Morgan fingerprint density at radius 2 is 2.00 bits per heavy atom. The lowest BCUT2D eigenvalue weighted by molar-refractivity contribution is 0.143. The van der Waals surface area contributed by atoms with Crippen LogP contribution < -0.4 is 0 Å². The minimum absolute atomic E-state index is 0.173. The van der Waals surface area contributed by atoms with Gasteiger partial charge in [0.15, 0.2) is 0 Å². The Labute approximate surface area is 78.6 Å². The van der Waals surface area contributed by atoms with Crippen LogP contribution in [0.2, 0.25) is 0 Å². The molecule has 4 nitrogen and oxygen atoms in total. The smallest absolute Gasteiger partial charge is 0.216 e. The van der Waals surface area contributed by atoms with Crippen LogP contribution in [0.4, 0.5) is 8.78 Å². The molecule has 0 atom stereocenters. The van der Waals surface area contributed by atoms with Crippen molar-refractivity contribution in [3.8, 4) is 0 Å². The van der Waals surface area contributed by atoms with Crippen LogP contribution in [0.3, 0.4) is 0 Å². The summed E-state index contributed by atoms with van der Waals surface area (Å²) in [5, 5.41) is 3.84. The normalized spacial score (nSPS) is 11.5. The maximum Gasteiger partial charge on any atom is 0.280 e. The first-order valence-electron chi connectivity index (χ1n) is 4.07. The predicted molar refractivity (Wildman–Crippen MR) is 45.2 cm³/mol. The SMILES string of the molecule is Cc1cc(C(F)F)n2nc(C)nc2n1. The Morgan fingerprint density at radius 3 is 2.64 bits per heavy atom. The topological polar surface area (TPSA) is 43.1 Å². The van der Waals surface area contributed by atoms with Crippen LogP contribution in [0.5, 0.6) is 0 Å². The van der Waals surface area contributed by atoms with E-state index in [0.717, 1.165) is 4.52 Å². The highest BCUT2D eigenvalue weighted by Crippen LogP contribution is 2.19. The summed E-state index contributed by atoms with van der Waals surface area (Å²) in [7, 11) is 0. The van der Waals surface area contributed by atoms with Gasteiger partial charge in [-0.15, -0.1) is 5.10 Å². The van der Waals surface area contributed by atoms with Crippen LogP contribution in [0.15, 0.2) is 6.07 Å². The Hall–Kier alpha value is -1.59. The molecule has 2 aromatic rings. The van der Waals surface area contributed by atoms with Gasteiger partial charge in [0.1, 0.15) is 11.5 Å². The van der Waals surface area contributed by atoms with Crippen molar-refractivity contribution in [2.75, 3.05) is 0 Å². The number of halogens is 2. The van der Waals surface area contributed by atoms with E-state index in [0.29, 0.717) is 11.5 Å². The zero-order chi connectivity index (χ0) is 10.3. The number of hydrogen-bond donors (Lipinski definition) is 0. The van der Waals surface area contributed by atoms with Crippen molar-refractivity contribution in [2.45, 2.75) is 20.3 Å². The molecule has 0 fully saturated rings. The molecule has 0 saturated carbocycles. The predicted octanol–water partition coefficient (Wildman–Crippen LogP) is 1.68. The van der Waals surface area contributed by atoms with Crippen LogP contribution >= 0.6 is 0 Å². The zero-order valence-corrected chi connectivity index (χ0v) is 7.70. The number of rotatable bonds is 1. The van der Waals surface area contributed by atoms with Gasteiger partial charge in [0.25, 0.3) is 12.2 Å². The maximum atomic E-state index is 12.6. The van der Waals surface area contributed by atoms with Crippen molar-refractivity contribution < 1.29 is 8.78 Å². The summed E-state index contributed by atoms with van der Waals surface area (Å²) in [6.45, 7) is 3.29. The molecule has 0 aliphatic carbocycles. The third kappa shape index (κ3) is 1.32. The molecule has 74 valence electrons. The van der Waals surface area contributed by atoms with Crippen LogP contribution in [0, 0.1) is 13.8 Å². The van der Waals surface area contributed by atoms with Gasteiger partial charge in [-0.25, -0.2) is 13.8 Å². The Morgan fingerprint density at radius 1 is 1.29 bits per heavy atom. The molecule has 0 aromatic carbocycles. The average molecular weight is 198 g/mol. The number of alkyl halides is 2. The molecule has 14 heavy (non-hydrogen) atoms. The first-order valence-corrected chi connectivity index (χ1v) is 4.07. The Kier molecular flexibility index (Phi) is 1.90. The van der Waals surface area contributed by atoms with Crippen molar-refractivity contribution in [3.05, 3.63) is 23.3 Å². The van der Waals surface area contributed by atoms with Crippen molar-refractivity contribution >= 4 is 5.78 Å². The number of nitrogens with zero attached hydrogens (tertiary/aromatic N) is 4. The molecule has 0 unspecified atom stereocenters. The first kappa shape index (κ1) is 8.98. The summed E-state index contributed by atoms with van der Waals surface area (Å²) in [5.74, 6) is 0.655. The minimum atomic E-state index is -2.57. The molecule has 0 bridgehead atoms. The summed E-state index contributed by atoms with van der Waals surface area (Å²) in [6, 6.07) is 1.31. The van der Waals surface area contributed by atoms with E-state index in [1.807, 2.05) is 0 Å². The fourth-order valence-electron chi connectivity index (χ4n) is 1.27. The minimum Gasteiger partial charge on any atom is -0.216 e. The molecule has 0 aliphatic heterocycles. The van der Waals surface area contributed by atoms with Crippen LogP contribution in [0.1, 0.15) is 23.6 Å². The molecule has 0 N–H and O–H groups in total. The third-order valence-corrected chi connectivity index (χ3v) is 1.80. The molecule has 0 aliphatic rings. The largest absolute Gasteiger partial charge is 0.280 e. The van der Waals surface area contributed by atoms with Crippen molar-refractivity contribution in [3.63, 3.8) is 0 Å². The standard InChI is InChI=1S/C8H8F2N4/c1-4-3-6(7(9)10)14-8(11-4)12-5(2)13-14/h3,7H,1-2H3. The number of fused-ring (bicyclic) bond motifs is 1. The van der Waals surface area contributed by atoms with Gasteiger partial charge in [0.05, 0.1) is 0 Å². The quantitative estimate of drug-likeness (QED) is 0.700. The molecular formula is C8H8F2N4. The van der Waals surface area contributed by atoms with Gasteiger partial charge in [0.2, 0.25) is 0 Å². The maximum absolute atomic E-state index is 12.6. The summed E-state index contributed by atoms with van der Waals surface area (Å²) in [6.07, 6.45) is -2.57. The molecule has 0 saturated heterocycles. The molecule has 2 heterocycles. The highest BCUT2D eigenvalue weighted by Gasteiger charge is 2.15. The second kappa shape index (κ2) is 2.97. The second-order valence-corrected chi connectivity index (χ2v) is 2.99. The van der Waals surface area contributed by atoms with Gasteiger partial charge in [-0.05, 0) is 19.9 Å². The lowest BCUT2D eigenvalue weighted by atomic mass is 10.3. The van der Waals surface area contributed by atoms with Crippen molar-refractivity contribution in [1.29, 1.82) is 0 Å². The molecule has 2 aromatic heterocycles. The first-order chi connectivity index (χ1) is 6.58. The van der Waals surface area contributed by atoms with Crippen molar-refractivity contribution in [1.82, 2.24) is 19.6 Å². The van der Waals surface area contributed by atoms with Gasteiger partial charge in [-0.1, -0.05) is 0 Å². The van der Waals surface area contributed by atoms with Crippen LogP contribution in [-0.2, 0) is 0 Å². The number of aryl methyl sites for hydroxylation is 2. The summed E-state index contributed by atoms with van der Waals surface area (Å²) < 4.78 is 26.2. The van der Waals surface area contributed by atoms with Crippen LogP contribution in [-0.4, -0.2) is 19.6 Å². The highest BCUT2D eigenvalue weighted by molar-refractivity contribution is 5.31. The second-order valence-electron chi connectivity index (χ2n) is 2.99. The summed E-state index contributed by atoms with van der Waals surface area (Å²) >= 11 is 0. The summed E-state index contributed by atoms with van der Waals surface area (Å²) in [4.78, 5) is 7.92. The van der Waals surface area contributed by atoms with E-state index in [2.05, 4.69) is 15.1 Å². The molecule has 0 spiro atoms. The van der Waals surface area contributed by atoms with Gasteiger partial charge in [-0.2, -0.15) is 9.50 Å². The fraction of sp³-hybridized carbons (Fsp3) is 0.375. The Bertz CT molecular complexity index is 477. The lowest BCUT2D eigenvalue weighted by Gasteiger charge is -2.02. The Balaban J connectivity index is 2.79. The van der Waals surface area contributed by atoms with Gasteiger partial charge in [0, 0.05) is 5.69 Å². The number of aromatic nitrogens is 4. The third-order valence-electron chi connectivity index (χ3n) is 1.80. The fourth-order valence-corrected chi connectivity index (χ4v) is 1.27. The number of hydrogen-bond acceptors (Lipinski definition) is 3. The molecule has 0 amide bonds. The van der Waals surface area contributed by atoms with E-state index < -0.39 is 6.43 Å². The van der Waals surface area contributed by atoms with Crippen LogP contribution in [0.25, 0.3) is 5.78 Å². The van der Waals surface area contributed by atoms with Gasteiger partial charge in [-0.3, -0.25) is 0 Å². The van der Waals surface area contributed by atoms with E-state index in [4.69, 9.17) is 0 Å². The summed E-state index contributed by atoms with van der Waals surface area (Å²) in [5.41, 5.74) is 0.341. The van der Waals surface area contributed by atoms with E-state index in [9.17, 15) is 8.78 Å². The molecule has 6 heteroatoms. The monoisotopic (exact) mass is 198 g/mol. The average Bonchev–Trinajstić information content (AvgIpc) is 2.42. The van der Waals surface area contributed by atoms with E-state index in [1.54, 1.807) is 13.8 Å². The molecular weight excluding hydrogens is 190 g/mol. The zero-order valence-electron chi connectivity index (χ0n) is 7.70. The van der Waals surface area contributed by atoms with Gasteiger partial charge >= 0.3 is 0 Å². The van der Waals surface area contributed by atoms with E-state index in [1.165, 1.54) is 6.07 Å². The van der Waals surface area contributed by atoms with Gasteiger partial charge < -0.3 is 0 Å². The van der Waals surface area contributed by atoms with Crippen molar-refractivity contribution in [2.24, 2.45) is 0 Å². The van der Waals surface area contributed by atoms with E-state index >= 15 is 0 Å². The molecule has 0 radical (unpaired) electrons.